The number of benzene rings is 1. The molecule has 0 saturated heterocycles. The summed E-state index contributed by atoms with van der Waals surface area (Å²) in [5.74, 6) is 1.03. The minimum atomic E-state index is -4.31. The predicted octanol–water partition coefficient (Wildman–Crippen LogP) is -1.05. The quantitative estimate of drug-likeness (QED) is 0.423. The van der Waals surface area contributed by atoms with E-state index in [1.54, 1.807) is 25.1 Å². The van der Waals surface area contributed by atoms with Gasteiger partial charge in [-0.15, -0.1) is 0 Å². The molecule has 2 rings (SSSR count). The molecule has 0 saturated carbocycles. The van der Waals surface area contributed by atoms with E-state index in [0.29, 0.717) is 17.1 Å². The van der Waals surface area contributed by atoms with Crippen LogP contribution in [0.25, 0.3) is 0 Å². The van der Waals surface area contributed by atoms with E-state index < -0.39 is 20.1 Å². The third kappa shape index (κ3) is 2.91. The summed E-state index contributed by atoms with van der Waals surface area (Å²) in [6.07, 6.45) is 0. The van der Waals surface area contributed by atoms with Crippen molar-refractivity contribution in [1.29, 1.82) is 0 Å². The van der Waals surface area contributed by atoms with Crippen molar-refractivity contribution in [3.63, 3.8) is 0 Å². The molecule has 0 amide bonds. The molecule has 1 aliphatic heterocycles. The zero-order valence-electron chi connectivity index (χ0n) is 12.0. The SMILES string of the molecule is CC(S)C(C)(c1ccc2c(c1)OCO2)S(=O)(=O)O.[H-].[Na+]. The number of rotatable bonds is 3. The van der Waals surface area contributed by atoms with Crippen LogP contribution in [0.15, 0.2) is 18.2 Å². The second-order valence-corrected chi connectivity index (χ2v) is 6.90. The van der Waals surface area contributed by atoms with Gasteiger partial charge in [-0.1, -0.05) is 13.0 Å². The van der Waals surface area contributed by atoms with Gasteiger partial charge in [0, 0.05) is 5.25 Å². The number of hydrogen-bond donors (Lipinski definition) is 2. The average Bonchev–Trinajstić information content (AvgIpc) is 2.72. The van der Waals surface area contributed by atoms with Crippen molar-refractivity contribution in [2.75, 3.05) is 6.79 Å². The average molecular weight is 314 g/mol. The molecule has 102 valence electrons. The predicted molar refractivity (Wildman–Crippen MR) is 71.0 cm³/mol. The Labute approximate surface area is 141 Å². The van der Waals surface area contributed by atoms with Gasteiger partial charge in [0.05, 0.1) is 0 Å². The van der Waals surface area contributed by atoms with Gasteiger partial charge in [0.25, 0.3) is 10.1 Å². The minimum absolute atomic E-state index is 0. The number of ether oxygens (including phenoxy) is 2. The van der Waals surface area contributed by atoms with E-state index in [9.17, 15) is 13.0 Å². The summed E-state index contributed by atoms with van der Waals surface area (Å²) >= 11 is 4.18. The number of hydrogen-bond acceptors (Lipinski definition) is 5. The molecule has 5 nitrogen and oxygen atoms in total. The second kappa shape index (κ2) is 5.83. The first-order valence-electron chi connectivity index (χ1n) is 5.32. The largest absolute Gasteiger partial charge is 1.00 e. The van der Waals surface area contributed by atoms with Crippen LogP contribution < -0.4 is 39.0 Å². The second-order valence-electron chi connectivity index (χ2n) is 4.33. The third-order valence-corrected chi connectivity index (χ3v) is 5.63. The molecule has 0 aliphatic carbocycles. The minimum Gasteiger partial charge on any atom is -1.00 e. The topological polar surface area (TPSA) is 72.8 Å². The Morgan fingerprint density at radius 1 is 1.42 bits per heavy atom. The molecule has 1 heterocycles. The van der Waals surface area contributed by atoms with Gasteiger partial charge in [0.2, 0.25) is 6.79 Å². The first kappa shape index (κ1) is 17.1. The molecule has 2 atom stereocenters. The van der Waals surface area contributed by atoms with Gasteiger partial charge in [-0.2, -0.15) is 21.0 Å². The molecule has 1 aromatic rings. The van der Waals surface area contributed by atoms with Crippen molar-refractivity contribution in [3.05, 3.63) is 23.8 Å². The maximum absolute atomic E-state index is 11.6. The molecule has 0 bridgehead atoms. The van der Waals surface area contributed by atoms with E-state index in [-0.39, 0.29) is 37.8 Å². The van der Waals surface area contributed by atoms with Crippen LogP contribution in [0.1, 0.15) is 20.8 Å². The zero-order chi connectivity index (χ0) is 13.6. The summed E-state index contributed by atoms with van der Waals surface area (Å²) in [5.41, 5.74) is 0.414. The fourth-order valence-corrected chi connectivity index (χ4v) is 3.22. The molecule has 0 spiro atoms. The molecular weight excluding hydrogens is 299 g/mol. The van der Waals surface area contributed by atoms with Crippen LogP contribution in [0.4, 0.5) is 0 Å². The van der Waals surface area contributed by atoms with E-state index >= 15 is 0 Å². The Balaban J connectivity index is 0.00000180. The Kier molecular flexibility index (Phi) is 5.26. The van der Waals surface area contributed by atoms with Crippen molar-refractivity contribution in [3.8, 4) is 11.5 Å². The Hall–Kier alpha value is 0.0800. The van der Waals surface area contributed by atoms with Gasteiger partial charge < -0.3 is 10.9 Å². The Bertz CT molecular complexity index is 578. The van der Waals surface area contributed by atoms with Crippen molar-refractivity contribution in [1.82, 2.24) is 0 Å². The maximum Gasteiger partial charge on any atom is 1.00 e. The Morgan fingerprint density at radius 2 is 2.00 bits per heavy atom. The van der Waals surface area contributed by atoms with Crippen molar-refractivity contribution < 1.29 is 53.4 Å². The van der Waals surface area contributed by atoms with Gasteiger partial charge in [-0.05, 0) is 24.6 Å². The number of thiol groups is 1. The van der Waals surface area contributed by atoms with E-state index in [0.717, 1.165) is 0 Å². The summed E-state index contributed by atoms with van der Waals surface area (Å²) in [7, 11) is -4.31. The standard InChI is InChI=1S/C11H14O5S2.Na.H/c1-7(17)11(2,18(12,13)14)8-3-4-9-10(5-8)16-6-15-9;;/h3-5,7,17H,6H2,1-2H3,(H,12,13,14);;/q;+1;-1. The Morgan fingerprint density at radius 3 is 2.53 bits per heavy atom. The molecule has 19 heavy (non-hydrogen) atoms. The fourth-order valence-electron chi connectivity index (χ4n) is 1.81. The summed E-state index contributed by atoms with van der Waals surface area (Å²) in [5, 5.41) is -0.590. The first-order chi connectivity index (χ1) is 8.26. The normalized spacial score (nSPS) is 18.3. The van der Waals surface area contributed by atoms with E-state index in [1.807, 2.05) is 0 Å². The molecule has 0 aromatic heterocycles. The van der Waals surface area contributed by atoms with Gasteiger partial charge >= 0.3 is 29.6 Å². The van der Waals surface area contributed by atoms with Crippen LogP contribution in [-0.4, -0.2) is 25.0 Å². The summed E-state index contributed by atoms with van der Waals surface area (Å²) in [6, 6.07) is 4.77. The zero-order valence-corrected chi connectivity index (χ0v) is 14.7. The van der Waals surface area contributed by atoms with Crippen molar-refractivity contribution >= 4 is 22.7 Å². The summed E-state index contributed by atoms with van der Waals surface area (Å²) in [6.45, 7) is 3.15. The van der Waals surface area contributed by atoms with Crippen LogP contribution in [-0.2, 0) is 14.9 Å². The van der Waals surface area contributed by atoms with Gasteiger partial charge in [-0.3, -0.25) is 4.55 Å². The van der Waals surface area contributed by atoms with Gasteiger partial charge in [0.1, 0.15) is 4.75 Å². The maximum atomic E-state index is 11.6. The fraction of sp³-hybridized carbons (Fsp3) is 0.455. The molecule has 1 aromatic carbocycles. The third-order valence-electron chi connectivity index (χ3n) is 3.28. The van der Waals surface area contributed by atoms with Crippen molar-refractivity contribution in [2.24, 2.45) is 0 Å². The van der Waals surface area contributed by atoms with Crippen molar-refractivity contribution in [2.45, 2.75) is 23.8 Å². The monoisotopic (exact) mass is 314 g/mol. The van der Waals surface area contributed by atoms with Crippen LogP contribution in [0.5, 0.6) is 11.5 Å². The molecule has 1 aliphatic rings. The van der Waals surface area contributed by atoms with Gasteiger partial charge in [0.15, 0.2) is 11.5 Å². The van der Waals surface area contributed by atoms with E-state index in [4.69, 9.17) is 9.47 Å². The van der Waals surface area contributed by atoms with Crippen LogP contribution in [0, 0.1) is 0 Å². The van der Waals surface area contributed by atoms with Crippen LogP contribution >= 0.6 is 12.6 Å². The van der Waals surface area contributed by atoms with E-state index in [1.165, 1.54) is 6.92 Å². The molecule has 1 N–H and O–H groups in total. The smallest absolute Gasteiger partial charge is 1.00 e. The van der Waals surface area contributed by atoms with Gasteiger partial charge in [-0.25, -0.2) is 0 Å². The molecule has 2 unspecified atom stereocenters. The molecule has 0 radical (unpaired) electrons. The van der Waals surface area contributed by atoms with Crippen LogP contribution in [0.2, 0.25) is 0 Å². The van der Waals surface area contributed by atoms with E-state index in [2.05, 4.69) is 12.6 Å². The summed E-state index contributed by atoms with van der Waals surface area (Å²) < 4.78 is 41.6. The van der Waals surface area contributed by atoms with Crippen LogP contribution in [0.3, 0.4) is 0 Å². The summed E-state index contributed by atoms with van der Waals surface area (Å²) in [4.78, 5) is 0. The number of fused-ring (bicyclic) bond motifs is 1. The molecule has 0 fully saturated rings. The first-order valence-corrected chi connectivity index (χ1v) is 7.27. The molecular formula is C11H15NaO5S2. The molecule has 8 heteroatoms.